The van der Waals surface area contributed by atoms with Gasteiger partial charge >= 0.3 is 154 Å². The van der Waals surface area contributed by atoms with Crippen LogP contribution < -0.4 is 169 Å². The molecule has 0 radical (unpaired) electrons. The maximum atomic E-state index is 8.96. The van der Waals surface area contributed by atoms with Gasteiger partial charge in [0.05, 0.1) is 13.2 Å². The maximum Gasteiger partial charge on any atom is 1.00 e. The molecule has 0 rings (SSSR count). The predicted octanol–water partition coefficient (Wildman–Crippen LogP) is -15.4. The van der Waals surface area contributed by atoms with Gasteiger partial charge in [0, 0.05) is 0 Å². The van der Waals surface area contributed by atoms with E-state index in [1.807, 2.05) is 0 Å². The van der Waals surface area contributed by atoms with Crippen molar-refractivity contribution in [3.63, 3.8) is 0 Å². The molecule has 0 aromatic heterocycles. The number of aliphatic hydroxyl groups is 6. The summed E-state index contributed by atoms with van der Waals surface area (Å²) in [6.07, 6.45) is -6.39. The zero-order valence-corrected chi connectivity index (χ0v) is 21.8. The number of hydrogen-bond donors (Lipinski definition) is 6. The number of rotatable bonds is 5. The average molecular weight is 394 g/mol. The van der Waals surface area contributed by atoms with Crippen LogP contribution >= 0.6 is 7.82 Å². The summed E-state index contributed by atoms with van der Waals surface area (Å²) >= 11 is 0. The molecule has 20 heavy (non-hydrogen) atoms. The van der Waals surface area contributed by atoms with E-state index in [0.717, 1.165) is 0 Å². The zero-order valence-electron chi connectivity index (χ0n) is 11.5. The molecule has 0 aromatic carbocycles. The Morgan fingerprint density at radius 2 is 0.900 bits per heavy atom. The molecule has 0 spiro atoms. The molecule has 0 amide bonds. The first-order chi connectivity index (χ1) is 7.54. The van der Waals surface area contributed by atoms with Crippen LogP contribution in [0.5, 0.6) is 0 Å². The van der Waals surface area contributed by atoms with Crippen molar-refractivity contribution in [2.75, 3.05) is 13.2 Å². The minimum Gasteiger partial charge on any atom is -0.822 e. The Kier molecular flexibility index (Phi) is 36.0. The fraction of sp³-hybridized carbons (Fsp3) is 1.00. The van der Waals surface area contributed by atoms with Gasteiger partial charge in [0.1, 0.15) is 24.4 Å². The van der Waals surface area contributed by atoms with Crippen LogP contribution in [0, 0.1) is 0 Å². The van der Waals surface area contributed by atoms with Crippen molar-refractivity contribution in [3.8, 4) is 0 Å². The van der Waals surface area contributed by atoms with Gasteiger partial charge in [-0.1, -0.05) is 0 Å². The Labute approximate surface area is 243 Å². The summed E-state index contributed by atoms with van der Waals surface area (Å²) in [6.45, 7) is -1.45. The first-order valence-corrected chi connectivity index (χ1v) is 5.67. The standard InChI is InChI=1S/C6H14O6.3K.H3O4P/c7-1-3(9)5(11)6(12)4(10)2-8;;;;1-5(2,3)4/h3-12H,1-2H2;;;;(H3,1,2,3,4)/q;3*+1;/p-3. The fourth-order valence-corrected chi connectivity index (χ4v) is 0.671. The van der Waals surface area contributed by atoms with Gasteiger partial charge in [-0.3, -0.25) is 0 Å². The third-order valence-electron chi connectivity index (χ3n) is 1.51. The van der Waals surface area contributed by atoms with Crippen LogP contribution in [-0.2, 0) is 4.57 Å². The van der Waals surface area contributed by atoms with Gasteiger partial charge in [0.2, 0.25) is 0 Å². The second kappa shape index (κ2) is 20.1. The van der Waals surface area contributed by atoms with Gasteiger partial charge in [-0.05, 0) is 0 Å². The van der Waals surface area contributed by atoms with Crippen molar-refractivity contribution in [2.24, 2.45) is 0 Å². The third kappa shape index (κ3) is 25.0. The Hall–Kier alpha value is 4.78. The maximum absolute atomic E-state index is 8.96. The summed E-state index contributed by atoms with van der Waals surface area (Å²) in [5.41, 5.74) is 0. The monoisotopic (exact) mass is 394 g/mol. The van der Waals surface area contributed by atoms with Gasteiger partial charge in [0.25, 0.3) is 0 Å². The van der Waals surface area contributed by atoms with Crippen LogP contribution in [0.2, 0.25) is 0 Å². The number of hydrogen-bond acceptors (Lipinski definition) is 10. The molecule has 0 aliphatic rings. The average Bonchev–Trinajstić information content (AvgIpc) is 2.22. The van der Waals surface area contributed by atoms with E-state index in [9.17, 15) is 0 Å². The largest absolute Gasteiger partial charge is 1.00 e. The second-order valence-electron chi connectivity index (χ2n) is 2.93. The van der Waals surface area contributed by atoms with Crippen LogP contribution in [-0.4, -0.2) is 68.3 Å². The molecule has 0 aromatic rings. The van der Waals surface area contributed by atoms with Gasteiger partial charge in [-0.2, -0.15) is 7.82 Å². The molecule has 10 nitrogen and oxygen atoms in total. The van der Waals surface area contributed by atoms with E-state index in [4.69, 9.17) is 49.9 Å². The van der Waals surface area contributed by atoms with E-state index >= 15 is 0 Å². The molecule has 0 bridgehead atoms. The van der Waals surface area contributed by atoms with Gasteiger partial charge in [-0.15, -0.1) is 0 Å². The Morgan fingerprint density at radius 3 is 1.00 bits per heavy atom. The van der Waals surface area contributed by atoms with Gasteiger partial charge < -0.3 is 49.9 Å². The Bertz CT molecular complexity index is 219. The molecule has 0 saturated carbocycles. The topological polar surface area (TPSA) is 208 Å². The normalized spacial score (nSPS) is 15.8. The summed E-state index contributed by atoms with van der Waals surface area (Å²) in [5.74, 6) is 0. The fourth-order valence-electron chi connectivity index (χ4n) is 0.671. The summed E-state index contributed by atoms with van der Waals surface area (Å²) < 4.78 is 8.55. The molecule has 4 atom stereocenters. The molecule has 4 unspecified atom stereocenters. The summed E-state index contributed by atoms with van der Waals surface area (Å²) in [4.78, 5) is 25.6. The second-order valence-corrected chi connectivity index (χ2v) is 3.82. The molecule has 106 valence electrons. The van der Waals surface area contributed by atoms with Gasteiger partial charge in [-0.25, -0.2) is 0 Å². The van der Waals surface area contributed by atoms with E-state index in [0.29, 0.717) is 0 Å². The predicted molar refractivity (Wildman–Crippen MR) is 45.8 cm³/mol. The van der Waals surface area contributed by atoms with E-state index in [1.54, 1.807) is 0 Å². The third-order valence-corrected chi connectivity index (χ3v) is 1.51. The van der Waals surface area contributed by atoms with Crippen LogP contribution in [0.3, 0.4) is 0 Å². The van der Waals surface area contributed by atoms with E-state index in [2.05, 4.69) is 0 Å². The van der Waals surface area contributed by atoms with Gasteiger partial charge in [0.15, 0.2) is 0 Å². The molecule has 0 fully saturated rings. The van der Waals surface area contributed by atoms with Crippen LogP contribution in [0.1, 0.15) is 0 Å². The number of aliphatic hydroxyl groups excluding tert-OH is 6. The van der Waals surface area contributed by atoms with Crippen LogP contribution in [0.25, 0.3) is 0 Å². The minimum atomic E-state index is -5.39. The molecule has 0 aliphatic carbocycles. The first-order valence-electron chi connectivity index (χ1n) is 4.21. The molecule has 14 heteroatoms. The number of phosphoric acid groups is 1. The molecule has 6 N–H and O–H groups in total. The van der Waals surface area contributed by atoms with Crippen molar-refractivity contribution in [3.05, 3.63) is 0 Å². The SMILES string of the molecule is O=P([O-])([O-])[O-].OCC(O)C(O)C(O)C(O)CO.[K+].[K+].[K+]. The van der Waals surface area contributed by atoms with E-state index in [1.165, 1.54) is 0 Å². The molecule has 0 heterocycles. The van der Waals surface area contributed by atoms with Crippen molar-refractivity contribution in [2.45, 2.75) is 24.4 Å². The van der Waals surface area contributed by atoms with Crippen LogP contribution in [0.15, 0.2) is 0 Å². The van der Waals surface area contributed by atoms with Crippen molar-refractivity contribution >= 4 is 7.82 Å². The molecule has 0 aliphatic heterocycles. The smallest absolute Gasteiger partial charge is 0.822 e. The van der Waals surface area contributed by atoms with Crippen molar-refractivity contribution in [1.29, 1.82) is 0 Å². The van der Waals surface area contributed by atoms with Crippen molar-refractivity contribution in [1.82, 2.24) is 0 Å². The Balaban J connectivity index is -0.0000000821. The molecular formula is C6H14K3O10P. The minimum absolute atomic E-state index is 0. The van der Waals surface area contributed by atoms with E-state index in [-0.39, 0.29) is 154 Å². The quantitative estimate of drug-likeness (QED) is 0.191. The van der Waals surface area contributed by atoms with E-state index < -0.39 is 45.5 Å². The Morgan fingerprint density at radius 1 is 0.750 bits per heavy atom. The molecule has 0 saturated heterocycles. The van der Waals surface area contributed by atoms with Crippen molar-refractivity contribution < 1.29 is 204 Å². The molecular weight excluding hydrogens is 380 g/mol. The van der Waals surface area contributed by atoms with Crippen LogP contribution in [0.4, 0.5) is 0 Å². The zero-order chi connectivity index (χ0) is 14.2. The first kappa shape index (κ1) is 35.8. The summed E-state index contributed by atoms with van der Waals surface area (Å²) in [7, 11) is -5.39. The summed E-state index contributed by atoms with van der Waals surface area (Å²) in [6, 6.07) is 0. The summed E-state index contributed by atoms with van der Waals surface area (Å²) in [5, 5.41) is 52.2.